The minimum Gasteiger partial charge on any atom is -0.481 e. The average Bonchev–Trinajstić information content (AvgIpc) is 2.82. The minimum absolute atomic E-state index is 0.0648. The predicted octanol–water partition coefficient (Wildman–Crippen LogP) is 7.02. The topological polar surface area (TPSA) is 95.5 Å². The maximum Gasteiger partial charge on any atom is 0.303 e. The number of amides is 1. The van der Waals surface area contributed by atoms with Gasteiger partial charge in [-0.05, 0) is 57.2 Å². The largest absolute Gasteiger partial charge is 0.481 e. The Labute approximate surface area is 212 Å². The van der Waals surface area contributed by atoms with Crippen molar-refractivity contribution in [3.63, 3.8) is 0 Å². The number of hydrogen-bond acceptors (Lipinski definition) is 4. The summed E-state index contributed by atoms with van der Waals surface area (Å²) in [6.07, 6.45) is 13.4. The summed E-state index contributed by atoms with van der Waals surface area (Å²) in [5, 5.41) is 14.5. The van der Waals surface area contributed by atoms with Crippen molar-refractivity contribution in [3.05, 3.63) is 48.6 Å². The number of rotatable bonds is 18. The second-order valence-electron chi connectivity index (χ2n) is 8.85. The van der Waals surface area contributed by atoms with Gasteiger partial charge in [-0.25, -0.2) is 0 Å². The lowest BCUT2D eigenvalue weighted by Crippen LogP contribution is -2.16. The smallest absolute Gasteiger partial charge is 0.303 e. The van der Waals surface area contributed by atoms with E-state index in [9.17, 15) is 14.4 Å². The normalized spacial score (nSPS) is 10.0. The number of carbonyl (C=O) groups excluding carboxylic acids is 2. The molecule has 35 heavy (non-hydrogen) atoms. The second kappa shape index (κ2) is 20.5. The van der Waals surface area contributed by atoms with Crippen molar-refractivity contribution < 1.29 is 19.5 Å². The highest BCUT2D eigenvalue weighted by molar-refractivity contribution is 5.99. The van der Waals surface area contributed by atoms with Crippen molar-refractivity contribution in [2.75, 3.05) is 18.9 Å². The lowest BCUT2D eigenvalue weighted by Gasteiger charge is -2.11. The molecule has 0 aromatic heterocycles. The van der Waals surface area contributed by atoms with Crippen molar-refractivity contribution in [1.29, 1.82) is 0 Å². The average molecular weight is 487 g/mol. The van der Waals surface area contributed by atoms with Crippen LogP contribution in [-0.4, -0.2) is 36.4 Å². The minimum atomic E-state index is -0.692. The van der Waals surface area contributed by atoms with Crippen molar-refractivity contribution in [2.45, 2.75) is 90.9 Å². The number of nitrogens with one attached hydrogen (secondary N) is 2. The zero-order chi connectivity index (χ0) is 26.5. The first-order valence-electron chi connectivity index (χ1n) is 12.8. The molecule has 0 radical (unpaired) electrons. The standard InChI is InChI=1S/C22H33NO3.C7H13NO/c1-17(2)20-14-13-19(16-21(20)18(3)24)23-15-11-9-7-5-4-6-8-10-12-22(25)26;1-3-4-5-6-7(9)8-2/h13-14,16,23H,1,4-12,15H2,2-3H3,(H,25,26);3H,1,4-6H2,2H3,(H,8,9). The summed E-state index contributed by atoms with van der Waals surface area (Å²) in [6, 6.07) is 5.89. The number of carboxylic acids is 1. The van der Waals surface area contributed by atoms with Crippen LogP contribution in [0.2, 0.25) is 0 Å². The van der Waals surface area contributed by atoms with Crippen molar-refractivity contribution >= 4 is 28.9 Å². The molecule has 196 valence electrons. The van der Waals surface area contributed by atoms with E-state index in [0.29, 0.717) is 12.8 Å². The molecule has 3 N–H and O–H groups in total. The Balaban J connectivity index is 0.00000109. The van der Waals surface area contributed by atoms with Gasteiger partial charge < -0.3 is 15.7 Å². The Kier molecular flexibility index (Phi) is 18.8. The van der Waals surface area contributed by atoms with Gasteiger partial charge in [0.15, 0.2) is 5.78 Å². The van der Waals surface area contributed by atoms with Crippen molar-refractivity contribution in [3.8, 4) is 0 Å². The summed E-state index contributed by atoms with van der Waals surface area (Å²) in [6.45, 7) is 11.9. The van der Waals surface area contributed by atoms with Crippen LogP contribution in [0.4, 0.5) is 5.69 Å². The molecule has 1 amide bonds. The molecular weight excluding hydrogens is 440 g/mol. The summed E-state index contributed by atoms with van der Waals surface area (Å²) in [4.78, 5) is 32.8. The molecule has 0 bridgehead atoms. The first-order valence-corrected chi connectivity index (χ1v) is 12.8. The maximum atomic E-state index is 11.8. The van der Waals surface area contributed by atoms with Crippen LogP contribution in [0.25, 0.3) is 5.57 Å². The number of allylic oxidation sites excluding steroid dienone is 2. The fourth-order valence-corrected chi connectivity index (χ4v) is 3.54. The molecular formula is C29H46N2O4. The van der Waals surface area contributed by atoms with Crippen LogP contribution in [0.3, 0.4) is 0 Å². The first-order chi connectivity index (χ1) is 16.7. The summed E-state index contributed by atoms with van der Waals surface area (Å²) >= 11 is 0. The Morgan fingerprint density at radius 2 is 1.49 bits per heavy atom. The van der Waals surface area contributed by atoms with Gasteiger partial charge in [0.05, 0.1) is 0 Å². The quantitative estimate of drug-likeness (QED) is 0.118. The summed E-state index contributed by atoms with van der Waals surface area (Å²) in [5.41, 5.74) is 3.54. The highest BCUT2D eigenvalue weighted by Crippen LogP contribution is 2.22. The third kappa shape index (κ3) is 17.2. The van der Waals surface area contributed by atoms with Gasteiger partial charge in [-0.3, -0.25) is 14.4 Å². The predicted molar refractivity (Wildman–Crippen MR) is 147 cm³/mol. The Morgan fingerprint density at radius 1 is 0.886 bits per heavy atom. The molecule has 1 aromatic carbocycles. The SMILES string of the molecule is C=C(C)c1ccc(NCCCCCCCCCCC(=O)O)cc1C(C)=O.C=CCCCC(=O)NC. The molecule has 0 aliphatic heterocycles. The number of aliphatic carboxylic acids is 1. The number of ketones is 1. The van der Waals surface area contributed by atoms with Gasteiger partial charge in [-0.1, -0.05) is 62.8 Å². The molecule has 6 nitrogen and oxygen atoms in total. The van der Waals surface area contributed by atoms with Crippen LogP contribution in [0, 0.1) is 0 Å². The molecule has 6 heteroatoms. The molecule has 0 saturated carbocycles. The van der Waals surface area contributed by atoms with E-state index < -0.39 is 5.97 Å². The van der Waals surface area contributed by atoms with E-state index in [4.69, 9.17) is 5.11 Å². The van der Waals surface area contributed by atoms with Gasteiger partial charge in [0.1, 0.15) is 0 Å². The monoisotopic (exact) mass is 486 g/mol. The molecule has 1 aromatic rings. The molecule has 0 atom stereocenters. The molecule has 0 heterocycles. The molecule has 0 unspecified atom stereocenters. The molecule has 0 spiro atoms. The van der Waals surface area contributed by atoms with Crippen molar-refractivity contribution in [2.24, 2.45) is 0 Å². The van der Waals surface area contributed by atoms with E-state index in [2.05, 4.69) is 23.8 Å². The van der Waals surface area contributed by atoms with Crippen LogP contribution >= 0.6 is 0 Å². The number of carbonyl (C=O) groups is 3. The molecule has 0 aliphatic rings. The van der Waals surface area contributed by atoms with Crippen LogP contribution in [0.5, 0.6) is 0 Å². The summed E-state index contributed by atoms with van der Waals surface area (Å²) < 4.78 is 0. The zero-order valence-electron chi connectivity index (χ0n) is 22.1. The lowest BCUT2D eigenvalue weighted by atomic mass is 9.98. The van der Waals surface area contributed by atoms with E-state index in [-0.39, 0.29) is 11.7 Å². The van der Waals surface area contributed by atoms with E-state index in [0.717, 1.165) is 67.5 Å². The number of anilines is 1. The summed E-state index contributed by atoms with van der Waals surface area (Å²) in [5.74, 6) is -0.519. The van der Waals surface area contributed by atoms with Crippen LogP contribution < -0.4 is 10.6 Å². The fourth-order valence-electron chi connectivity index (χ4n) is 3.54. The Morgan fingerprint density at radius 3 is 2.00 bits per heavy atom. The third-order valence-electron chi connectivity index (χ3n) is 5.60. The number of Topliss-reactive ketones (excluding diaryl/α,β-unsaturated/α-hetero) is 1. The van der Waals surface area contributed by atoms with Crippen LogP contribution in [0.15, 0.2) is 37.4 Å². The van der Waals surface area contributed by atoms with Gasteiger partial charge in [-0.2, -0.15) is 0 Å². The second-order valence-corrected chi connectivity index (χ2v) is 8.85. The lowest BCUT2D eigenvalue weighted by molar-refractivity contribution is -0.137. The van der Waals surface area contributed by atoms with E-state index in [1.165, 1.54) is 25.7 Å². The molecule has 0 fully saturated rings. The van der Waals surface area contributed by atoms with Crippen molar-refractivity contribution in [1.82, 2.24) is 5.32 Å². The zero-order valence-corrected chi connectivity index (χ0v) is 22.1. The van der Waals surface area contributed by atoms with E-state index in [1.807, 2.05) is 31.2 Å². The van der Waals surface area contributed by atoms with E-state index >= 15 is 0 Å². The molecule has 0 aliphatic carbocycles. The molecule has 0 saturated heterocycles. The van der Waals surface area contributed by atoms with E-state index in [1.54, 1.807) is 14.0 Å². The summed E-state index contributed by atoms with van der Waals surface area (Å²) in [7, 11) is 1.65. The van der Waals surface area contributed by atoms with Crippen LogP contribution in [0.1, 0.15) is 107 Å². The third-order valence-corrected chi connectivity index (χ3v) is 5.60. The van der Waals surface area contributed by atoms with Crippen LogP contribution in [-0.2, 0) is 9.59 Å². The maximum absolute atomic E-state index is 11.8. The highest BCUT2D eigenvalue weighted by Gasteiger charge is 2.08. The number of hydrogen-bond donors (Lipinski definition) is 3. The number of carboxylic acid groups (broad SMARTS) is 1. The Hall–Kier alpha value is -2.89. The Bertz CT molecular complexity index is 802. The van der Waals surface area contributed by atoms with Gasteiger partial charge in [0, 0.05) is 37.7 Å². The highest BCUT2D eigenvalue weighted by atomic mass is 16.4. The first kappa shape index (κ1) is 32.1. The number of unbranched alkanes of at least 4 members (excludes halogenated alkanes) is 8. The van der Waals surface area contributed by atoms with Gasteiger partial charge >= 0.3 is 5.97 Å². The number of benzene rings is 1. The van der Waals surface area contributed by atoms with Gasteiger partial charge in [0.25, 0.3) is 0 Å². The van der Waals surface area contributed by atoms with Gasteiger partial charge in [-0.15, -0.1) is 6.58 Å². The fraction of sp³-hybridized carbons (Fsp3) is 0.552. The molecule has 1 rings (SSSR count). The van der Waals surface area contributed by atoms with Gasteiger partial charge in [0.2, 0.25) is 5.91 Å².